The molecular formula is C11H8Cl3NO3. The molecule has 1 rings (SSSR count). The van der Waals surface area contributed by atoms with E-state index >= 15 is 0 Å². The van der Waals surface area contributed by atoms with Gasteiger partial charge >= 0.3 is 6.16 Å². The molecule has 0 heterocycles. The minimum Gasteiger partial charge on any atom is -0.430 e. The van der Waals surface area contributed by atoms with Crippen LogP contribution in [0.15, 0.2) is 30.3 Å². The van der Waals surface area contributed by atoms with Crippen LogP contribution >= 0.6 is 34.8 Å². The maximum absolute atomic E-state index is 11.3. The van der Waals surface area contributed by atoms with Crippen LogP contribution in [-0.4, -0.2) is 16.6 Å². The molecule has 1 aromatic rings. The summed E-state index contributed by atoms with van der Waals surface area (Å²) >= 11 is 16.2. The van der Waals surface area contributed by atoms with Gasteiger partial charge in [-0.3, -0.25) is 0 Å². The summed E-state index contributed by atoms with van der Waals surface area (Å²) in [6, 6.07) is 10.3. The monoisotopic (exact) mass is 307 g/mol. The van der Waals surface area contributed by atoms with Gasteiger partial charge in [0.25, 0.3) is 0 Å². The van der Waals surface area contributed by atoms with Gasteiger partial charge in [-0.05, 0) is 0 Å². The van der Waals surface area contributed by atoms with Crippen LogP contribution < -0.4 is 0 Å². The standard InChI is InChI=1S/C11H8Cl3NO3/c12-11(13,14)7-17-10(16)18-9(6-15)8-4-2-1-3-5-8/h1-5,9H,7H2. The smallest absolute Gasteiger partial charge is 0.430 e. The lowest BCUT2D eigenvalue weighted by molar-refractivity contribution is 0.0399. The minimum absolute atomic E-state index is 0.455. The van der Waals surface area contributed by atoms with E-state index in [1.54, 1.807) is 30.3 Å². The van der Waals surface area contributed by atoms with Crippen molar-refractivity contribution in [2.75, 3.05) is 6.61 Å². The third kappa shape index (κ3) is 5.46. The van der Waals surface area contributed by atoms with Crippen molar-refractivity contribution in [2.45, 2.75) is 9.90 Å². The highest BCUT2D eigenvalue weighted by molar-refractivity contribution is 6.67. The van der Waals surface area contributed by atoms with Crippen LogP contribution in [0.25, 0.3) is 0 Å². The van der Waals surface area contributed by atoms with E-state index in [9.17, 15) is 4.79 Å². The highest BCUT2D eigenvalue weighted by Gasteiger charge is 2.24. The van der Waals surface area contributed by atoms with Gasteiger partial charge < -0.3 is 9.47 Å². The molecule has 0 saturated carbocycles. The zero-order valence-corrected chi connectivity index (χ0v) is 11.2. The average Bonchev–Trinajstić information content (AvgIpc) is 2.33. The lowest BCUT2D eigenvalue weighted by Gasteiger charge is -2.13. The molecular weight excluding hydrogens is 300 g/mol. The molecule has 0 aliphatic carbocycles. The van der Waals surface area contributed by atoms with E-state index in [1.807, 2.05) is 6.07 Å². The maximum atomic E-state index is 11.3. The SMILES string of the molecule is N#CC(OC(=O)OCC(Cl)(Cl)Cl)c1ccccc1. The number of hydrogen-bond donors (Lipinski definition) is 0. The van der Waals surface area contributed by atoms with E-state index in [-0.39, 0.29) is 0 Å². The van der Waals surface area contributed by atoms with Gasteiger partial charge in [0, 0.05) is 5.56 Å². The number of halogens is 3. The first kappa shape index (κ1) is 14.9. The molecule has 1 atom stereocenters. The molecule has 18 heavy (non-hydrogen) atoms. The Labute approximate surface area is 119 Å². The Morgan fingerprint density at radius 3 is 2.44 bits per heavy atom. The second kappa shape index (κ2) is 6.69. The number of rotatable bonds is 3. The first-order valence-corrected chi connectivity index (χ1v) is 5.90. The molecule has 0 saturated heterocycles. The van der Waals surface area contributed by atoms with E-state index < -0.39 is 22.7 Å². The molecule has 0 N–H and O–H groups in total. The minimum atomic E-state index is -1.71. The van der Waals surface area contributed by atoms with Crippen molar-refractivity contribution in [3.05, 3.63) is 35.9 Å². The number of nitriles is 1. The summed E-state index contributed by atoms with van der Waals surface area (Å²) in [6.07, 6.45) is -2.13. The molecule has 0 radical (unpaired) electrons. The molecule has 1 aromatic carbocycles. The predicted molar refractivity (Wildman–Crippen MR) is 67.5 cm³/mol. The van der Waals surface area contributed by atoms with Crippen molar-refractivity contribution in [3.63, 3.8) is 0 Å². The molecule has 0 bridgehead atoms. The first-order valence-electron chi connectivity index (χ1n) is 4.77. The summed E-state index contributed by atoms with van der Waals surface area (Å²) in [4.78, 5) is 11.3. The van der Waals surface area contributed by atoms with Crippen molar-refractivity contribution in [3.8, 4) is 6.07 Å². The third-order valence-corrected chi connectivity index (χ3v) is 2.11. The van der Waals surface area contributed by atoms with E-state index in [4.69, 9.17) is 44.8 Å². The topological polar surface area (TPSA) is 59.3 Å². The number of carbonyl (C=O) groups is 1. The Morgan fingerprint density at radius 1 is 1.33 bits per heavy atom. The molecule has 1 unspecified atom stereocenters. The largest absolute Gasteiger partial charge is 0.510 e. The van der Waals surface area contributed by atoms with Crippen molar-refractivity contribution < 1.29 is 14.3 Å². The second-order valence-corrected chi connectivity index (χ2v) is 5.71. The lowest BCUT2D eigenvalue weighted by atomic mass is 10.1. The summed E-state index contributed by atoms with van der Waals surface area (Å²) in [5, 5.41) is 8.90. The molecule has 96 valence electrons. The molecule has 0 fully saturated rings. The Kier molecular flexibility index (Phi) is 5.54. The van der Waals surface area contributed by atoms with Gasteiger partial charge in [-0.25, -0.2) is 4.79 Å². The third-order valence-electron chi connectivity index (χ3n) is 1.79. The molecule has 0 amide bonds. The number of hydrogen-bond acceptors (Lipinski definition) is 4. The zero-order chi connectivity index (χ0) is 13.6. The van der Waals surface area contributed by atoms with Crippen molar-refractivity contribution in [1.82, 2.24) is 0 Å². The number of nitrogens with zero attached hydrogens (tertiary/aromatic N) is 1. The summed E-state index contributed by atoms with van der Waals surface area (Å²) in [7, 11) is 0. The average molecular weight is 309 g/mol. The van der Waals surface area contributed by atoms with Crippen LogP contribution in [0.2, 0.25) is 0 Å². The summed E-state index contributed by atoms with van der Waals surface area (Å²) in [6.45, 7) is -0.455. The van der Waals surface area contributed by atoms with Gasteiger partial charge in [0.1, 0.15) is 12.7 Å². The Balaban J connectivity index is 2.55. The molecule has 0 aliphatic heterocycles. The lowest BCUT2D eigenvalue weighted by Crippen LogP contribution is -2.19. The first-order chi connectivity index (χ1) is 8.42. The number of carbonyl (C=O) groups excluding carboxylic acids is 1. The van der Waals surface area contributed by atoms with Crippen LogP contribution in [0, 0.1) is 11.3 Å². The highest BCUT2D eigenvalue weighted by atomic mass is 35.6. The molecule has 0 aliphatic rings. The Bertz CT molecular complexity index is 439. The van der Waals surface area contributed by atoms with Crippen molar-refractivity contribution in [2.24, 2.45) is 0 Å². The number of alkyl halides is 3. The van der Waals surface area contributed by atoms with E-state index in [0.717, 1.165) is 0 Å². The summed E-state index contributed by atoms with van der Waals surface area (Å²) < 4.78 is 7.62. The van der Waals surface area contributed by atoms with E-state index in [2.05, 4.69) is 4.74 Å². The van der Waals surface area contributed by atoms with Crippen LogP contribution in [0.5, 0.6) is 0 Å². The van der Waals surface area contributed by atoms with Crippen molar-refractivity contribution >= 4 is 41.0 Å². The molecule has 7 heteroatoms. The quantitative estimate of drug-likeness (QED) is 0.630. The van der Waals surface area contributed by atoms with Crippen LogP contribution in [0.3, 0.4) is 0 Å². The van der Waals surface area contributed by atoms with Crippen LogP contribution in [0.4, 0.5) is 4.79 Å². The Hall–Kier alpha value is -1.15. The highest BCUT2D eigenvalue weighted by Crippen LogP contribution is 2.26. The summed E-state index contributed by atoms with van der Waals surface area (Å²) in [5.74, 6) is 0. The number of benzene rings is 1. The number of ether oxygens (including phenoxy) is 2. The van der Waals surface area contributed by atoms with Crippen LogP contribution in [-0.2, 0) is 9.47 Å². The van der Waals surface area contributed by atoms with E-state index in [0.29, 0.717) is 5.56 Å². The fourth-order valence-corrected chi connectivity index (χ4v) is 1.23. The molecule has 4 nitrogen and oxygen atoms in total. The van der Waals surface area contributed by atoms with Crippen LogP contribution in [0.1, 0.15) is 11.7 Å². The Morgan fingerprint density at radius 2 is 1.94 bits per heavy atom. The summed E-state index contributed by atoms with van der Waals surface area (Å²) in [5.41, 5.74) is 0.533. The van der Waals surface area contributed by atoms with Gasteiger partial charge in [0.15, 0.2) is 0 Å². The zero-order valence-electron chi connectivity index (χ0n) is 8.98. The fourth-order valence-electron chi connectivity index (χ4n) is 1.07. The normalized spacial score (nSPS) is 12.3. The maximum Gasteiger partial charge on any atom is 0.510 e. The van der Waals surface area contributed by atoms with Gasteiger partial charge in [0.2, 0.25) is 9.90 Å². The van der Waals surface area contributed by atoms with Crippen molar-refractivity contribution in [1.29, 1.82) is 5.26 Å². The second-order valence-electron chi connectivity index (χ2n) is 3.19. The van der Waals surface area contributed by atoms with Gasteiger partial charge in [-0.1, -0.05) is 65.1 Å². The predicted octanol–water partition coefficient (Wildman–Crippen LogP) is 3.77. The van der Waals surface area contributed by atoms with E-state index in [1.165, 1.54) is 0 Å². The molecule has 0 spiro atoms. The van der Waals surface area contributed by atoms with Gasteiger partial charge in [-0.2, -0.15) is 5.26 Å². The van der Waals surface area contributed by atoms with Gasteiger partial charge in [-0.15, -0.1) is 0 Å². The molecule has 0 aromatic heterocycles. The van der Waals surface area contributed by atoms with Gasteiger partial charge in [0.05, 0.1) is 0 Å². The fraction of sp³-hybridized carbons (Fsp3) is 0.273.